The van der Waals surface area contributed by atoms with E-state index in [2.05, 4.69) is 34.7 Å². The van der Waals surface area contributed by atoms with Crippen molar-refractivity contribution >= 4 is 64.1 Å². The molecule has 0 radical (unpaired) electrons. The summed E-state index contributed by atoms with van der Waals surface area (Å²) in [5.74, 6) is 0.894. The minimum atomic E-state index is -0.411. The van der Waals surface area contributed by atoms with Gasteiger partial charge < -0.3 is 19.9 Å². The highest BCUT2D eigenvalue weighted by molar-refractivity contribution is 7.99. The van der Waals surface area contributed by atoms with Crippen molar-refractivity contribution < 1.29 is 14.3 Å². The standard InChI is InChI=1S/C25H28Cl3N5O3S/c1-5-33-23(20(10-14(2)3)30-24(35)17-8-6-15(26)11-18(17)28)31-32-25(33)37-13-22(34)29-19-12-16(27)7-9-21(19)36-4/h6-9,11-12,14,20H,5,10,13H2,1-4H3,(H,29,34)(H,30,35)/t20-/m0/s1. The number of methoxy groups -OCH3 is 1. The van der Waals surface area contributed by atoms with Crippen molar-refractivity contribution in [2.75, 3.05) is 18.2 Å². The monoisotopic (exact) mass is 583 g/mol. The second kappa shape index (κ2) is 13.4. The topological polar surface area (TPSA) is 98.1 Å². The molecule has 1 heterocycles. The maximum Gasteiger partial charge on any atom is 0.253 e. The van der Waals surface area contributed by atoms with E-state index >= 15 is 0 Å². The Bertz CT molecular complexity index is 1270. The predicted octanol–water partition coefficient (Wildman–Crippen LogP) is 6.51. The van der Waals surface area contributed by atoms with Crippen molar-refractivity contribution in [3.05, 3.63) is 62.9 Å². The Morgan fingerprint density at radius 2 is 1.78 bits per heavy atom. The van der Waals surface area contributed by atoms with Crippen molar-refractivity contribution in [3.8, 4) is 5.75 Å². The summed E-state index contributed by atoms with van der Waals surface area (Å²) in [5.41, 5.74) is 0.809. The maximum absolute atomic E-state index is 13.0. The van der Waals surface area contributed by atoms with E-state index in [0.29, 0.717) is 51.0 Å². The highest BCUT2D eigenvalue weighted by Gasteiger charge is 2.25. The van der Waals surface area contributed by atoms with Gasteiger partial charge in [0.1, 0.15) is 5.75 Å². The number of nitrogens with zero attached hydrogens (tertiary/aromatic N) is 3. The quantitative estimate of drug-likeness (QED) is 0.249. The summed E-state index contributed by atoms with van der Waals surface area (Å²) in [6.45, 7) is 6.63. The van der Waals surface area contributed by atoms with Gasteiger partial charge in [-0.25, -0.2) is 0 Å². The zero-order valence-electron chi connectivity index (χ0n) is 20.8. The Morgan fingerprint density at radius 1 is 1.08 bits per heavy atom. The van der Waals surface area contributed by atoms with Crippen LogP contribution in [0.2, 0.25) is 15.1 Å². The van der Waals surface area contributed by atoms with Crippen molar-refractivity contribution in [2.45, 2.75) is 44.9 Å². The molecule has 3 rings (SSSR count). The molecule has 37 heavy (non-hydrogen) atoms. The lowest BCUT2D eigenvalue weighted by atomic mass is 10.0. The molecule has 0 saturated carbocycles. The van der Waals surface area contributed by atoms with E-state index in [1.54, 1.807) is 30.3 Å². The molecule has 1 atom stereocenters. The summed E-state index contributed by atoms with van der Waals surface area (Å²) in [4.78, 5) is 25.7. The third kappa shape index (κ3) is 7.77. The number of carbonyl (C=O) groups excluding carboxylic acids is 2. The van der Waals surface area contributed by atoms with E-state index in [-0.39, 0.29) is 28.5 Å². The molecule has 0 aliphatic rings. The molecule has 12 heteroatoms. The molecule has 8 nitrogen and oxygen atoms in total. The van der Waals surface area contributed by atoms with Crippen molar-refractivity contribution in [1.82, 2.24) is 20.1 Å². The zero-order valence-corrected chi connectivity index (χ0v) is 23.9. The van der Waals surface area contributed by atoms with Gasteiger partial charge in [-0.2, -0.15) is 0 Å². The Hall–Kier alpha value is -2.46. The number of aromatic nitrogens is 3. The van der Waals surface area contributed by atoms with Gasteiger partial charge in [0, 0.05) is 16.6 Å². The fourth-order valence-electron chi connectivity index (χ4n) is 3.67. The van der Waals surface area contributed by atoms with E-state index in [1.807, 2.05) is 11.5 Å². The van der Waals surface area contributed by atoms with Crippen LogP contribution in [0.15, 0.2) is 41.6 Å². The first kappa shape index (κ1) is 29.1. The van der Waals surface area contributed by atoms with Crippen molar-refractivity contribution in [2.24, 2.45) is 5.92 Å². The van der Waals surface area contributed by atoms with Crippen LogP contribution in [0.4, 0.5) is 5.69 Å². The molecule has 3 aromatic rings. The molecule has 1 aromatic heterocycles. The summed E-state index contributed by atoms with van der Waals surface area (Å²) in [6, 6.07) is 9.32. The van der Waals surface area contributed by atoms with E-state index in [0.717, 1.165) is 0 Å². The fourth-order valence-corrected chi connectivity index (χ4v) is 5.14. The van der Waals surface area contributed by atoms with E-state index < -0.39 is 6.04 Å². The van der Waals surface area contributed by atoms with Crippen LogP contribution in [0.1, 0.15) is 49.4 Å². The number of hydrogen-bond acceptors (Lipinski definition) is 6. The van der Waals surface area contributed by atoms with Gasteiger partial charge in [-0.1, -0.05) is 60.4 Å². The lowest BCUT2D eigenvalue weighted by Gasteiger charge is -2.21. The van der Waals surface area contributed by atoms with Gasteiger partial charge in [0.25, 0.3) is 5.91 Å². The number of nitrogens with one attached hydrogen (secondary N) is 2. The van der Waals surface area contributed by atoms with Crippen LogP contribution in [0.3, 0.4) is 0 Å². The van der Waals surface area contributed by atoms with Crippen LogP contribution in [-0.2, 0) is 11.3 Å². The molecule has 2 amide bonds. The minimum Gasteiger partial charge on any atom is -0.495 e. The number of hydrogen-bond donors (Lipinski definition) is 2. The molecule has 2 N–H and O–H groups in total. The number of benzene rings is 2. The molecule has 0 aliphatic heterocycles. The average molecular weight is 585 g/mol. The SMILES string of the molecule is CCn1c(SCC(=O)Nc2cc(Cl)ccc2OC)nnc1[C@H](CC(C)C)NC(=O)c1ccc(Cl)cc1Cl. The number of halogens is 3. The van der Waals surface area contributed by atoms with E-state index in [9.17, 15) is 9.59 Å². The maximum atomic E-state index is 13.0. The summed E-state index contributed by atoms with van der Waals surface area (Å²) in [7, 11) is 1.52. The highest BCUT2D eigenvalue weighted by Crippen LogP contribution is 2.29. The molecule has 0 unspecified atom stereocenters. The van der Waals surface area contributed by atoms with Crippen LogP contribution in [0, 0.1) is 5.92 Å². The van der Waals surface area contributed by atoms with Gasteiger partial charge in [-0.15, -0.1) is 10.2 Å². The summed E-state index contributed by atoms with van der Waals surface area (Å²) in [6.07, 6.45) is 0.634. The van der Waals surface area contributed by atoms with Gasteiger partial charge in [-0.05, 0) is 55.7 Å². The fraction of sp³-hybridized carbons (Fsp3) is 0.360. The summed E-state index contributed by atoms with van der Waals surface area (Å²) in [5, 5.41) is 16.3. The molecule has 0 bridgehead atoms. The third-order valence-corrected chi connectivity index (χ3v) is 7.08. The highest BCUT2D eigenvalue weighted by atomic mass is 35.5. The Kier molecular flexibility index (Phi) is 10.5. The van der Waals surface area contributed by atoms with Crippen LogP contribution in [-0.4, -0.2) is 39.4 Å². The number of rotatable bonds is 11. The summed E-state index contributed by atoms with van der Waals surface area (Å²) >= 11 is 19.5. The van der Waals surface area contributed by atoms with Crippen LogP contribution >= 0.6 is 46.6 Å². The Morgan fingerprint density at radius 3 is 2.43 bits per heavy atom. The number of amides is 2. The molecule has 0 saturated heterocycles. The van der Waals surface area contributed by atoms with Crippen molar-refractivity contribution in [3.63, 3.8) is 0 Å². The van der Waals surface area contributed by atoms with E-state index in [1.165, 1.54) is 24.9 Å². The zero-order chi connectivity index (χ0) is 27.1. The molecule has 0 spiro atoms. The summed E-state index contributed by atoms with van der Waals surface area (Å²) < 4.78 is 7.18. The van der Waals surface area contributed by atoms with Gasteiger partial charge in [-0.3, -0.25) is 9.59 Å². The minimum absolute atomic E-state index is 0.0926. The largest absolute Gasteiger partial charge is 0.495 e. The normalized spacial score (nSPS) is 11.9. The molecule has 2 aromatic carbocycles. The second-order valence-electron chi connectivity index (χ2n) is 8.55. The first-order valence-corrected chi connectivity index (χ1v) is 13.7. The number of carbonyl (C=O) groups is 2. The van der Waals surface area contributed by atoms with Crippen LogP contribution in [0.25, 0.3) is 0 Å². The van der Waals surface area contributed by atoms with Crippen molar-refractivity contribution in [1.29, 1.82) is 0 Å². The molecular weight excluding hydrogens is 557 g/mol. The van der Waals surface area contributed by atoms with E-state index in [4.69, 9.17) is 39.5 Å². The van der Waals surface area contributed by atoms with Crippen LogP contribution < -0.4 is 15.4 Å². The smallest absolute Gasteiger partial charge is 0.253 e. The molecule has 0 aliphatic carbocycles. The third-order valence-electron chi connectivity index (χ3n) is 5.33. The van der Waals surface area contributed by atoms with Gasteiger partial charge in [0.2, 0.25) is 5.91 Å². The van der Waals surface area contributed by atoms with Gasteiger partial charge in [0.15, 0.2) is 11.0 Å². The lowest BCUT2D eigenvalue weighted by molar-refractivity contribution is -0.113. The van der Waals surface area contributed by atoms with Gasteiger partial charge in [0.05, 0.1) is 35.2 Å². The Balaban J connectivity index is 1.76. The molecule has 0 fully saturated rings. The van der Waals surface area contributed by atoms with Gasteiger partial charge >= 0.3 is 0 Å². The molecule has 198 valence electrons. The average Bonchev–Trinajstić information content (AvgIpc) is 3.25. The molecular formula is C25H28Cl3N5O3S. The second-order valence-corrected chi connectivity index (χ2v) is 10.8. The predicted molar refractivity (Wildman–Crippen MR) is 149 cm³/mol. The Labute approximate surface area is 235 Å². The lowest BCUT2D eigenvalue weighted by Crippen LogP contribution is -2.32. The van der Waals surface area contributed by atoms with Crippen LogP contribution in [0.5, 0.6) is 5.75 Å². The number of thioether (sulfide) groups is 1. The first-order valence-electron chi connectivity index (χ1n) is 11.6. The first-order chi connectivity index (χ1) is 17.6. The number of ether oxygens (including phenoxy) is 1. The number of anilines is 1.